The number of carbonyl (C=O) groups excluding carboxylic acids is 2. The summed E-state index contributed by atoms with van der Waals surface area (Å²) in [4.78, 5) is 28.3. The van der Waals surface area contributed by atoms with Gasteiger partial charge in [0, 0.05) is 18.5 Å². The molecule has 0 N–H and O–H groups in total. The lowest BCUT2D eigenvalue weighted by atomic mass is 10.0. The van der Waals surface area contributed by atoms with Crippen molar-refractivity contribution >= 4 is 17.5 Å². The van der Waals surface area contributed by atoms with E-state index in [1.165, 1.54) is 11.0 Å². The molecular weight excluding hydrogens is 367 g/mol. The van der Waals surface area contributed by atoms with Crippen LogP contribution in [-0.2, 0) is 4.79 Å². The lowest BCUT2D eigenvalue weighted by molar-refractivity contribution is -0.127. The quantitative estimate of drug-likeness (QED) is 0.635. The number of halogens is 1. The molecule has 1 aliphatic heterocycles. The van der Waals surface area contributed by atoms with Crippen LogP contribution in [0, 0.1) is 5.82 Å². The summed E-state index contributed by atoms with van der Waals surface area (Å²) in [6.45, 7) is 0.614. The van der Waals surface area contributed by atoms with Crippen LogP contribution in [0.4, 0.5) is 10.1 Å². The fourth-order valence-electron chi connectivity index (χ4n) is 3.54. The van der Waals surface area contributed by atoms with E-state index in [0.717, 1.165) is 17.5 Å². The molecular formula is C24H21FN2O2. The van der Waals surface area contributed by atoms with Crippen LogP contribution in [0.5, 0.6) is 0 Å². The van der Waals surface area contributed by atoms with Crippen LogP contribution in [0.1, 0.15) is 23.2 Å². The minimum absolute atomic E-state index is 0.0152. The number of hydrogen-bond donors (Lipinski definition) is 0. The second-order valence-corrected chi connectivity index (χ2v) is 7.03. The van der Waals surface area contributed by atoms with E-state index in [2.05, 4.69) is 0 Å². The maximum atomic E-state index is 14.5. The predicted molar refractivity (Wildman–Crippen MR) is 111 cm³/mol. The fourth-order valence-corrected chi connectivity index (χ4v) is 3.54. The average Bonchev–Trinajstić information content (AvgIpc) is 3.17. The van der Waals surface area contributed by atoms with Crippen LogP contribution in [0.2, 0.25) is 0 Å². The van der Waals surface area contributed by atoms with E-state index >= 15 is 0 Å². The average molecular weight is 388 g/mol. The van der Waals surface area contributed by atoms with Gasteiger partial charge in [-0.3, -0.25) is 14.5 Å². The normalized spacial score (nSPS) is 13.6. The van der Waals surface area contributed by atoms with Crippen LogP contribution in [-0.4, -0.2) is 29.9 Å². The minimum atomic E-state index is -0.492. The third-order valence-corrected chi connectivity index (χ3v) is 5.11. The number of rotatable bonds is 5. The summed E-state index contributed by atoms with van der Waals surface area (Å²) in [5.41, 5.74) is 2.67. The van der Waals surface area contributed by atoms with Crippen molar-refractivity contribution in [3.05, 3.63) is 90.2 Å². The molecule has 4 nitrogen and oxygen atoms in total. The van der Waals surface area contributed by atoms with E-state index in [9.17, 15) is 14.0 Å². The highest BCUT2D eigenvalue weighted by molar-refractivity contribution is 6.06. The number of likely N-dealkylation sites (tertiary alicyclic amines) is 1. The van der Waals surface area contributed by atoms with E-state index in [1.807, 2.05) is 42.5 Å². The van der Waals surface area contributed by atoms with Crippen LogP contribution in [0.25, 0.3) is 11.1 Å². The van der Waals surface area contributed by atoms with Crippen molar-refractivity contribution in [1.82, 2.24) is 4.90 Å². The molecule has 0 unspecified atom stereocenters. The number of nitrogens with zero attached hydrogens (tertiary/aromatic N) is 2. The molecule has 2 amide bonds. The molecule has 0 bridgehead atoms. The maximum absolute atomic E-state index is 14.5. The zero-order valence-corrected chi connectivity index (χ0v) is 15.9. The first-order valence-corrected chi connectivity index (χ1v) is 9.63. The highest BCUT2D eigenvalue weighted by Crippen LogP contribution is 2.25. The topological polar surface area (TPSA) is 40.6 Å². The van der Waals surface area contributed by atoms with Gasteiger partial charge in [0.25, 0.3) is 5.91 Å². The van der Waals surface area contributed by atoms with Gasteiger partial charge in [-0.25, -0.2) is 4.39 Å². The molecule has 5 heteroatoms. The molecule has 0 aromatic heterocycles. The summed E-state index contributed by atoms with van der Waals surface area (Å²) >= 11 is 0. The van der Waals surface area contributed by atoms with Crippen molar-refractivity contribution in [3.63, 3.8) is 0 Å². The Hall–Kier alpha value is -3.47. The summed E-state index contributed by atoms with van der Waals surface area (Å²) < 4.78 is 14.5. The molecule has 1 saturated heterocycles. The number of amides is 2. The molecule has 0 atom stereocenters. The van der Waals surface area contributed by atoms with Crippen LogP contribution in [0.3, 0.4) is 0 Å². The maximum Gasteiger partial charge on any atom is 0.259 e. The number of para-hydroxylation sites is 1. The number of carbonyl (C=O) groups is 2. The Balaban J connectivity index is 1.64. The molecule has 0 radical (unpaired) electrons. The second-order valence-electron chi connectivity index (χ2n) is 7.03. The fraction of sp³-hybridized carbons (Fsp3) is 0.167. The first kappa shape index (κ1) is 18.9. The number of anilines is 1. The van der Waals surface area contributed by atoms with Gasteiger partial charge in [-0.1, -0.05) is 54.6 Å². The van der Waals surface area contributed by atoms with Gasteiger partial charge < -0.3 is 4.90 Å². The Morgan fingerprint density at radius 1 is 0.897 bits per heavy atom. The van der Waals surface area contributed by atoms with Gasteiger partial charge in [-0.05, 0) is 41.8 Å². The zero-order chi connectivity index (χ0) is 20.2. The lowest BCUT2D eigenvalue weighted by Crippen LogP contribution is -2.42. The van der Waals surface area contributed by atoms with Crippen LogP contribution in [0.15, 0.2) is 78.9 Å². The van der Waals surface area contributed by atoms with Gasteiger partial charge in [-0.15, -0.1) is 0 Å². The SMILES string of the molecule is O=C1CCCN1CN(C(=O)c1ccc(-c2ccccc2)cc1)c1ccccc1F. The smallest absolute Gasteiger partial charge is 0.259 e. The van der Waals surface area contributed by atoms with Gasteiger partial charge in [0.2, 0.25) is 5.91 Å². The van der Waals surface area contributed by atoms with Crippen molar-refractivity contribution < 1.29 is 14.0 Å². The van der Waals surface area contributed by atoms with E-state index in [-0.39, 0.29) is 24.2 Å². The molecule has 4 rings (SSSR count). The second kappa shape index (κ2) is 8.27. The third kappa shape index (κ3) is 4.04. The Labute approximate surface area is 169 Å². The van der Waals surface area contributed by atoms with Crippen LogP contribution < -0.4 is 4.90 Å². The lowest BCUT2D eigenvalue weighted by Gasteiger charge is -2.28. The summed E-state index contributed by atoms with van der Waals surface area (Å²) in [5.74, 6) is -0.846. The summed E-state index contributed by atoms with van der Waals surface area (Å²) in [5, 5.41) is 0. The standard InChI is InChI=1S/C24H21FN2O2/c25-21-9-4-5-10-22(21)27(17-26-16-6-11-23(26)28)24(29)20-14-12-19(13-15-20)18-7-2-1-3-8-18/h1-5,7-10,12-15H,6,11,16-17H2. The first-order chi connectivity index (χ1) is 14.1. The molecule has 29 heavy (non-hydrogen) atoms. The molecule has 0 spiro atoms. The van der Waals surface area contributed by atoms with Crippen molar-refractivity contribution in [2.45, 2.75) is 12.8 Å². The molecule has 1 aliphatic rings. The predicted octanol–water partition coefficient (Wildman–Crippen LogP) is 4.72. The Kier molecular flexibility index (Phi) is 5.38. The van der Waals surface area contributed by atoms with Crippen molar-refractivity contribution in [2.24, 2.45) is 0 Å². The van der Waals surface area contributed by atoms with Gasteiger partial charge >= 0.3 is 0 Å². The highest BCUT2D eigenvalue weighted by atomic mass is 19.1. The molecule has 3 aromatic rings. The first-order valence-electron chi connectivity index (χ1n) is 9.63. The summed E-state index contributed by atoms with van der Waals surface area (Å²) in [6, 6.07) is 23.3. The summed E-state index contributed by atoms with van der Waals surface area (Å²) in [6.07, 6.45) is 1.22. The monoisotopic (exact) mass is 388 g/mol. The van der Waals surface area contributed by atoms with Gasteiger partial charge in [-0.2, -0.15) is 0 Å². The Bertz CT molecular complexity index is 1020. The molecule has 3 aromatic carbocycles. The molecule has 0 saturated carbocycles. The molecule has 146 valence electrons. The van der Waals surface area contributed by atoms with Crippen LogP contribution >= 0.6 is 0 Å². The van der Waals surface area contributed by atoms with Crippen molar-refractivity contribution in [3.8, 4) is 11.1 Å². The summed E-state index contributed by atoms with van der Waals surface area (Å²) in [7, 11) is 0. The molecule has 1 heterocycles. The molecule has 0 aliphatic carbocycles. The van der Waals surface area contributed by atoms with Gasteiger partial charge in [0.15, 0.2) is 0 Å². The number of hydrogen-bond acceptors (Lipinski definition) is 2. The van der Waals surface area contributed by atoms with E-state index < -0.39 is 5.82 Å². The third-order valence-electron chi connectivity index (χ3n) is 5.11. The molecule has 1 fully saturated rings. The highest BCUT2D eigenvalue weighted by Gasteiger charge is 2.27. The minimum Gasteiger partial charge on any atom is -0.324 e. The van der Waals surface area contributed by atoms with Crippen molar-refractivity contribution in [2.75, 3.05) is 18.1 Å². The zero-order valence-electron chi connectivity index (χ0n) is 15.9. The Morgan fingerprint density at radius 2 is 1.55 bits per heavy atom. The number of benzene rings is 3. The van der Waals surface area contributed by atoms with E-state index in [0.29, 0.717) is 18.5 Å². The largest absolute Gasteiger partial charge is 0.324 e. The Morgan fingerprint density at radius 3 is 2.21 bits per heavy atom. The van der Waals surface area contributed by atoms with Crippen molar-refractivity contribution in [1.29, 1.82) is 0 Å². The van der Waals surface area contributed by atoms with Gasteiger partial charge in [0.1, 0.15) is 12.5 Å². The van der Waals surface area contributed by atoms with E-state index in [1.54, 1.807) is 35.2 Å². The van der Waals surface area contributed by atoms with E-state index in [4.69, 9.17) is 0 Å². The van der Waals surface area contributed by atoms with Gasteiger partial charge in [0.05, 0.1) is 5.69 Å².